The summed E-state index contributed by atoms with van der Waals surface area (Å²) in [7, 11) is 1.83. The predicted octanol–water partition coefficient (Wildman–Crippen LogP) is 1.04. The molecule has 33 heavy (non-hydrogen) atoms. The third-order valence-corrected chi connectivity index (χ3v) is 7.99. The third-order valence-electron chi connectivity index (χ3n) is 7.99. The van der Waals surface area contributed by atoms with Crippen LogP contribution in [0.2, 0.25) is 0 Å². The quantitative estimate of drug-likeness (QED) is 0.560. The lowest BCUT2D eigenvalue weighted by Gasteiger charge is -2.44. The van der Waals surface area contributed by atoms with E-state index < -0.39 is 5.60 Å². The molecular weight excluding hydrogens is 426 g/mol. The Morgan fingerprint density at radius 1 is 1.09 bits per heavy atom. The van der Waals surface area contributed by atoms with Crippen molar-refractivity contribution >= 4 is 6.09 Å². The second kappa shape index (κ2) is 9.56. The Morgan fingerprint density at radius 3 is 2.48 bits per heavy atom. The number of nitrogens with zero attached hydrogens (tertiary/aromatic N) is 2. The molecule has 0 radical (unpaired) electrons. The molecule has 4 heterocycles. The third kappa shape index (κ3) is 5.03. The lowest BCUT2D eigenvalue weighted by atomic mass is 9.75. The maximum atomic E-state index is 12.4. The van der Waals surface area contributed by atoms with E-state index in [1.165, 1.54) is 0 Å². The summed E-state index contributed by atoms with van der Waals surface area (Å²) in [5, 5.41) is 6.15. The summed E-state index contributed by atoms with van der Waals surface area (Å²) in [5.41, 5.74) is 6.43. The van der Waals surface area contributed by atoms with Crippen LogP contribution in [0, 0.1) is 17.8 Å². The zero-order valence-electron chi connectivity index (χ0n) is 20.4. The van der Waals surface area contributed by atoms with Crippen LogP contribution in [0.4, 0.5) is 4.79 Å². The number of hydrogen-bond acceptors (Lipinski definition) is 9. The Morgan fingerprint density at radius 2 is 1.85 bits per heavy atom. The van der Waals surface area contributed by atoms with Gasteiger partial charge in [-0.1, -0.05) is 0 Å². The smallest absolute Gasteiger partial charge is 0.410 e. The summed E-state index contributed by atoms with van der Waals surface area (Å²) in [6.45, 7) is 9.74. The van der Waals surface area contributed by atoms with E-state index in [4.69, 9.17) is 19.0 Å². The molecule has 1 saturated carbocycles. The van der Waals surface area contributed by atoms with Gasteiger partial charge < -0.3 is 19.1 Å². The minimum absolute atomic E-state index is 0.0300. The molecular formula is C23H41N5O5. The van der Waals surface area contributed by atoms with Crippen LogP contribution in [0.25, 0.3) is 0 Å². The topological polar surface area (TPSA) is 96.6 Å². The number of fused-ring (bicyclic) bond motifs is 1. The Bertz CT molecular complexity index is 687. The lowest BCUT2D eigenvalue weighted by molar-refractivity contribution is -0.116. The number of hydroxylamine groups is 1. The first-order chi connectivity index (χ1) is 15.8. The average molecular weight is 468 g/mol. The number of hydrogen-bond donors (Lipinski definition) is 3. The van der Waals surface area contributed by atoms with Crippen molar-refractivity contribution in [2.45, 2.75) is 82.6 Å². The Balaban J connectivity index is 1.14. The molecule has 5 rings (SSSR count). The minimum atomic E-state index is -0.460. The van der Waals surface area contributed by atoms with E-state index in [-0.39, 0.29) is 24.6 Å². The molecule has 1 amide bonds. The lowest BCUT2D eigenvalue weighted by Crippen LogP contribution is -2.58. The normalized spacial score (nSPS) is 38.8. The maximum absolute atomic E-state index is 12.4. The molecule has 5 aliphatic rings. The fourth-order valence-electron chi connectivity index (χ4n) is 6.12. The van der Waals surface area contributed by atoms with Gasteiger partial charge in [-0.25, -0.2) is 9.80 Å². The average Bonchev–Trinajstić information content (AvgIpc) is 3.39. The van der Waals surface area contributed by atoms with Crippen molar-refractivity contribution < 1.29 is 23.8 Å². The Kier molecular flexibility index (Phi) is 6.87. The summed E-state index contributed by atoms with van der Waals surface area (Å²) in [5.74, 6) is 1.30. The van der Waals surface area contributed by atoms with Gasteiger partial charge in [0.05, 0.1) is 31.5 Å². The van der Waals surface area contributed by atoms with E-state index in [0.717, 1.165) is 45.4 Å². The monoisotopic (exact) mass is 467 g/mol. The van der Waals surface area contributed by atoms with E-state index in [1.54, 1.807) is 0 Å². The molecule has 6 atom stereocenters. The van der Waals surface area contributed by atoms with Crippen LogP contribution in [0.3, 0.4) is 0 Å². The molecule has 4 saturated heterocycles. The first-order valence-corrected chi connectivity index (χ1v) is 12.6. The van der Waals surface area contributed by atoms with Crippen LogP contribution >= 0.6 is 0 Å². The van der Waals surface area contributed by atoms with Gasteiger partial charge in [0.15, 0.2) is 0 Å². The number of nitrogens with one attached hydrogen (secondary N) is 3. The van der Waals surface area contributed by atoms with Crippen molar-refractivity contribution in [3.05, 3.63) is 0 Å². The largest absolute Gasteiger partial charge is 0.444 e. The molecule has 0 aromatic rings. The van der Waals surface area contributed by atoms with E-state index in [2.05, 4.69) is 21.2 Å². The van der Waals surface area contributed by atoms with Gasteiger partial charge in [-0.15, -0.1) is 0 Å². The molecule has 1 aliphatic carbocycles. The number of methoxy groups -OCH3 is 1. The molecule has 6 unspecified atom stereocenters. The van der Waals surface area contributed by atoms with Gasteiger partial charge in [-0.05, 0) is 52.4 Å². The Labute approximate surface area is 196 Å². The van der Waals surface area contributed by atoms with Crippen LogP contribution in [-0.2, 0) is 19.0 Å². The highest BCUT2D eigenvalue weighted by atomic mass is 16.7. The summed E-state index contributed by atoms with van der Waals surface area (Å²) in [6.07, 6.45) is 4.02. The van der Waals surface area contributed by atoms with Crippen LogP contribution in [0.5, 0.6) is 0 Å². The van der Waals surface area contributed by atoms with Crippen LogP contribution in [0.15, 0.2) is 0 Å². The summed E-state index contributed by atoms with van der Waals surface area (Å²) < 4.78 is 16.9. The molecule has 10 heteroatoms. The highest BCUT2D eigenvalue weighted by molar-refractivity contribution is 5.68. The molecule has 4 aliphatic heterocycles. The van der Waals surface area contributed by atoms with Gasteiger partial charge in [-0.2, -0.15) is 5.48 Å². The maximum Gasteiger partial charge on any atom is 0.410 e. The van der Waals surface area contributed by atoms with Crippen LogP contribution in [-0.4, -0.2) is 92.1 Å². The Hall–Kier alpha value is -1.01. The summed E-state index contributed by atoms with van der Waals surface area (Å²) >= 11 is 0. The highest BCUT2D eigenvalue weighted by Crippen LogP contribution is 2.40. The number of likely N-dealkylation sites (tertiary alicyclic amines) is 1. The molecule has 188 valence electrons. The van der Waals surface area contributed by atoms with E-state index in [0.29, 0.717) is 42.9 Å². The van der Waals surface area contributed by atoms with E-state index in [1.807, 2.05) is 32.8 Å². The van der Waals surface area contributed by atoms with Gasteiger partial charge >= 0.3 is 6.09 Å². The zero-order valence-corrected chi connectivity index (χ0v) is 20.4. The molecule has 0 aromatic carbocycles. The van der Waals surface area contributed by atoms with E-state index >= 15 is 0 Å². The second-order valence-corrected chi connectivity index (χ2v) is 11.3. The van der Waals surface area contributed by atoms with Gasteiger partial charge in [0, 0.05) is 44.6 Å². The van der Waals surface area contributed by atoms with Crippen LogP contribution < -0.4 is 16.2 Å². The standard InChI is InChI=1S/C23H41N5O5/c1-23(2,3)32-22(29)27-7-5-14(6-8-27)20-25-21(33-26-20)15-9-18-17(19(10-15)30-4)11-24-28(18)16-12-31-13-16/h14-21,24-26H,5-13H2,1-4H3. The van der Waals surface area contributed by atoms with Crippen molar-refractivity contribution in [1.82, 2.24) is 26.1 Å². The SMILES string of the molecule is COC1CC(C2NC(C3CCN(C(=O)OC(C)(C)C)CC3)NO2)CC2C1CNN2C1COC1. The van der Waals surface area contributed by atoms with Gasteiger partial charge in [0.25, 0.3) is 0 Å². The van der Waals surface area contributed by atoms with Crippen molar-refractivity contribution in [3.63, 3.8) is 0 Å². The number of hydrazine groups is 1. The number of carbonyl (C=O) groups is 1. The molecule has 3 N–H and O–H groups in total. The number of rotatable bonds is 4. The zero-order chi connectivity index (χ0) is 23.2. The fraction of sp³-hybridized carbons (Fsp3) is 0.957. The number of piperidine rings is 1. The highest BCUT2D eigenvalue weighted by Gasteiger charge is 2.50. The number of carbonyl (C=O) groups excluding carboxylic acids is 1. The second-order valence-electron chi connectivity index (χ2n) is 11.3. The first kappa shape index (κ1) is 23.7. The number of ether oxygens (including phenoxy) is 3. The fourth-order valence-corrected chi connectivity index (χ4v) is 6.12. The van der Waals surface area contributed by atoms with Gasteiger partial charge in [0.1, 0.15) is 11.8 Å². The number of amides is 1. The first-order valence-electron chi connectivity index (χ1n) is 12.6. The molecule has 10 nitrogen and oxygen atoms in total. The molecule has 0 aromatic heterocycles. The van der Waals surface area contributed by atoms with Crippen molar-refractivity contribution in [3.8, 4) is 0 Å². The summed E-state index contributed by atoms with van der Waals surface area (Å²) in [4.78, 5) is 20.3. The molecule has 0 bridgehead atoms. The minimum Gasteiger partial charge on any atom is -0.444 e. The molecule has 5 fully saturated rings. The van der Waals surface area contributed by atoms with Gasteiger partial charge in [0.2, 0.25) is 0 Å². The van der Waals surface area contributed by atoms with Crippen molar-refractivity contribution in [2.24, 2.45) is 17.8 Å². The van der Waals surface area contributed by atoms with Gasteiger partial charge in [-0.3, -0.25) is 15.6 Å². The van der Waals surface area contributed by atoms with Crippen LogP contribution in [0.1, 0.15) is 46.5 Å². The van der Waals surface area contributed by atoms with Crippen molar-refractivity contribution in [2.75, 3.05) is 40.0 Å². The summed E-state index contributed by atoms with van der Waals surface area (Å²) in [6, 6.07) is 0.916. The predicted molar refractivity (Wildman–Crippen MR) is 121 cm³/mol. The molecule has 0 spiro atoms. The van der Waals surface area contributed by atoms with Crippen molar-refractivity contribution in [1.29, 1.82) is 0 Å². The van der Waals surface area contributed by atoms with E-state index in [9.17, 15) is 4.79 Å².